The lowest BCUT2D eigenvalue weighted by molar-refractivity contribution is -0.118. The molecule has 6 nitrogen and oxygen atoms in total. The number of ether oxygens (including phenoxy) is 1. The normalized spacial score (nSPS) is 17.1. The van der Waals surface area contributed by atoms with Gasteiger partial charge in [0, 0.05) is 36.3 Å². The maximum absolute atomic E-state index is 12.1. The smallest absolute Gasteiger partial charge is 0.238 e. The largest absolute Gasteiger partial charge is 0.379 e. The predicted molar refractivity (Wildman–Crippen MR) is 82.7 cm³/mol. The van der Waals surface area contributed by atoms with Crippen LogP contribution in [0.15, 0.2) is 24.4 Å². The van der Waals surface area contributed by atoms with Crippen molar-refractivity contribution in [3.05, 3.63) is 35.5 Å². The van der Waals surface area contributed by atoms with Crippen LogP contribution in [0.5, 0.6) is 0 Å². The molecule has 2 heterocycles. The van der Waals surface area contributed by atoms with Crippen molar-refractivity contribution in [2.75, 3.05) is 38.2 Å². The summed E-state index contributed by atoms with van der Waals surface area (Å²) < 4.78 is 5.29. The molecule has 0 radical (unpaired) electrons. The number of benzene rings is 1. The molecule has 0 bridgehead atoms. The van der Waals surface area contributed by atoms with Gasteiger partial charge in [-0.2, -0.15) is 5.10 Å². The molecule has 0 atom stereocenters. The maximum atomic E-state index is 12.1. The van der Waals surface area contributed by atoms with Crippen LogP contribution in [0.2, 0.25) is 0 Å². The van der Waals surface area contributed by atoms with Crippen LogP contribution in [0.25, 0.3) is 11.3 Å². The van der Waals surface area contributed by atoms with Crippen molar-refractivity contribution in [3.63, 3.8) is 0 Å². The first-order chi connectivity index (χ1) is 10.8. The Morgan fingerprint density at radius 3 is 3.05 bits per heavy atom. The van der Waals surface area contributed by atoms with Gasteiger partial charge in [0.15, 0.2) is 0 Å². The summed E-state index contributed by atoms with van der Waals surface area (Å²) in [7, 11) is 0. The number of H-pyrrole nitrogens is 1. The van der Waals surface area contributed by atoms with E-state index in [9.17, 15) is 4.79 Å². The molecular weight excluding hydrogens is 280 g/mol. The molecule has 1 aliphatic heterocycles. The summed E-state index contributed by atoms with van der Waals surface area (Å²) in [6.07, 6.45) is 2.74. The van der Waals surface area contributed by atoms with Crippen molar-refractivity contribution in [2.45, 2.75) is 6.42 Å². The first-order valence-corrected chi connectivity index (χ1v) is 7.55. The van der Waals surface area contributed by atoms with Crippen LogP contribution < -0.4 is 5.32 Å². The van der Waals surface area contributed by atoms with Gasteiger partial charge in [0.1, 0.15) is 0 Å². The highest BCUT2D eigenvalue weighted by atomic mass is 16.5. The minimum Gasteiger partial charge on any atom is -0.379 e. The van der Waals surface area contributed by atoms with E-state index in [4.69, 9.17) is 4.74 Å². The number of nitrogens with one attached hydrogen (secondary N) is 2. The fourth-order valence-corrected chi connectivity index (χ4v) is 3.11. The van der Waals surface area contributed by atoms with Gasteiger partial charge in [0.2, 0.25) is 5.91 Å². The fraction of sp³-hybridized carbons (Fsp3) is 0.375. The minimum absolute atomic E-state index is 0.0278. The Hall–Kier alpha value is -2.18. The Labute approximate surface area is 128 Å². The van der Waals surface area contributed by atoms with Gasteiger partial charge in [0.25, 0.3) is 0 Å². The zero-order valence-electron chi connectivity index (χ0n) is 12.3. The number of rotatable bonds is 3. The van der Waals surface area contributed by atoms with E-state index in [1.54, 1.807) is 0 Å². The summed E-state index contributed by atoms with van der Waals surface area (Å²) in [5, 5.41) is 10.1. The van der Waals surface area contributed by atoms with E-state index in [2.05, 4.69) is 26.5 Å². The Morgan fingerprint density at radius 1 is 1.32 bits per heavy atom. The highest BCUT2D eigenvalue weighted by Gasteiger charge is 2.21. The highest BCUT2D eigenvalue weighted by molar-refractivity contribution is 5.93. The number of carbonyl (C=O) groups excluding carboxylic acids is 1. The Balaban J connectivity index is 1.43. The van der Waals surface area contributed by atoms with Gasteiger partial charge >= 0.3 is 0 Å². The highest BCUT2D eigenvalue weighted by Crippen LogP contribution is 2.36. The summed E-state index contributed by atoms with van der Waals surface area (Å²) in [6.45, 7) is 3.47. The Kier molecular flexibility index (Phi) is 3.40. The molecule has 1 saturated heterocycles. The van der Waals surface area contributed by atoms with Gasteiger partial charge < -0.3 is 10.1 Å². The van der Waals surface area contributed by atoms with E-state index in [-0.39, 0.29) is 5.91 Å². The third-order valence-corrected chi connectivity index (χ3v) is 4.23. The van der Waals surface area contributed by atoms with Crippen molar-refractivity contribution < 1.29 is 9.53 Å². The molecule has 6 heteroatoms. The van der Waals surface area contributed by atoms with Gasteiger partial charge in [-0.3, -0.25) is 14.8 Å². The van der Waals surface area contributed by atoms with Crippen molar-refractivity contribution in [1.29, 1.82) is 0 Å². The molecule has 0 unspecified atom stereocenters. The standard InChI is InChI=1S/C16H18N4O2/c21-15(10-20-3-5-22-6-4-20)18-13-1-2-14-11(8-13)7-12-9-17-19-16(12)14/h1-2,8-9H,3-7,10H2,(H,17,19)(H,18,21). The lowest BCUT2D eigenvalue weighted by Crippen LogP contribution is -2.41. The maximum Gasteiger partial charge on any atom is 0.238 e. The molecular formula is C16H18N4O2. The van der Waals surface area contributed by atoms with E-state index in [1.807, 2.05) is 18.3 Å². The molecule has 0 spiro atoms. The van der Waals surface area contributed by atoms with Crippen LogP contribution in [0.1, 0.15) is 11.1 Å². The van der Waals surface area contributed by atoms with Crippen LogP contribution in [-0.4, -0.2) is 53.9 Å². The van der Waals surface area contributed by atoms with Crippen molar-refractivity contribution >= 4 is 11.6 Å². The number of carbonyl (C=O) groups is 1. The van der Waals surface area contributed by atoms with Gasteiger partial charge in [-0.25, -0.2) is 0 Å². The molecule has 1 fully saturated rings. The number of hydrogen-bond acceptors (Lipinski definition) is 4. The zero-order valence-corrected chi connectivity index (χ0v) is 12.3. The second-order valence-electron chi connectivity index (χ2n) is 5.76. The van der Waals surface area contributed by atoms with E-state index in [0.29, 0.717) is 19.8 Å². The third kappa shape index (κ3) is 2.51. The lowest BCUT2D eigenvalue weighted by atomic mass is 10.1. The Morgan fingerprint density at radius 2 is 2.18 bits per heavy atom. The first-order valence-electron chi connectivity index (χ1n) is 7.55. The molecule has 2 aliphatic rings. The number of morpholine rings is 1. The second-order valence-corrected chi connectivity index (χ2v) is 5.76. The summed E-state index contributed by atoms with van der Waals surface area (Å²) in [6, 6.07) is 6.05. The molecule has 1 aromatic carbocycles. The predicted octanol–water partition coefficient (Wildman–Crippen LogP) is 1.25. The summed E-state index contributed by atoms with van der Waals surface area (Å²) in [4.78, 5) is 14.3. The number of aromatic nitrogens is 2. The van der Waals surface area contributed by atoms with Gasteiger partial charge in [0.05, 0.1) is 31.6 Å². The van der Waals surface area contributed by atoms with E-state index in [0.717, 1.165) is 30.9 Å². The van der Waals surface area contributed by atoms with E-state index in [1.165, 1.54) is 16.7 Å². The molecule has 2 aromatic rings. The molecule has 114 valence electrons. The molecule has 0 saturated carbocycles. The molecule has 22 heavy (non-hydrogen) atoms. The Bertz CT molecular complexity index is 704. The summed E-state index contributed by atoms with van der Waals surface area (Å²) >= 11 is 0. The fourth-order valence-electron chi connectivity index (χ4n) is 3.11. The SMILES string of the molecule is O=C(CN1CCOCC1)Nc1ccc2c(c1)Cc1cn[nH]c1-2. The summed E-state index contributed by atoms with van der Waals surface area (Å²) in [5.74, 6) is 0.0278. The number of anilines is 1. The third-order valence-electron chi connectivity index (χ3n) is 4.23. The summed E-state index contributed by atoms with van der Waals surface area (Å²) in [5.41, 5.74) is 5.58. The number of aromatic amines is 1. The molecule has 1 aliphatic carbocycles. The second kappa shape index (κ2) is 5.55. The first kappa shape index (κ1) is 13.5. The van der Waals surface area contributed by atoms with E-state index >= 15 is 0 Å². The molecule has 1 amide bonds. The number of hydrogen-bond donors (Lipinski definition) is 2. The molecule has 1 aromatic heterocycles. The van der Waals surface area contributed by atoms with Crippen molar-refractivity contribution in [1.82, 2.24) is 15.1 Å². The van der Waals surface area contributed by atoms with Crippen molar-refractivity contribution in [3.8, 4) is 11.3 Å². The van der Waals surface area contributed by atoms with Crippen molar-refractivity contribution in [2.24, 2.45) is 0 Å². The van der Waals surface area contributed by atoms with Gasteiger partial charge in [-0.05, 0) is 17.7 Å². The topological polar surface area (TPSA) is 70.2 Å². The molecule has 4 rings (SSSR count). The van der Waals surface area contributed by atoms with Gasteiger partial charge in [-0.15, -0.1) is 0 Å². The monoisotopic (exact) mass is 298 g/mol. The van der Waals surface area contributed by atoms with Crippen LogP contribution >= 0.6 is 0 Å². The zero-order chi connectivity index (χ0) is 14.9. The van der Waals surface area contributed by atoms with E-state index < -0.39 is 0 Å². The average molecular weight is 298 g/mol. The van der Waals surface area contributed by atoms with Gasteiger partial charge in [-0.1, -0.05) is 6.07 Å². The van der Waals surface area contributed by atoms with Crippen LogP contribution in [0.4, 0.5) is 5.69 Å². The quantitative estimate of drug-likeness (QED) is 0.763. The van der Waals surface area contributed by atoms with Crippen LogP contribution in [-0.2, 0) is 16.0 Å². The number of nitrogens with zero attached hydrogens (tertiary/aromatic N) is 2. The minimum atomic E-state index is 0.0278. The number of fused-ring (bicyclic) bond motifs is 3. The van der Waals surface area contributed by atoms with Crippen LogP contribution in [0, 0.1) is 0 Å². The number of amides is 1. The average Bonchev–Trinajstić information content (AvgIpc) is 3.08. The van der Waals surface area contributed by atoms with Crippen LogP contribution in [0.3, 0.4) is 0 Å². The lowest BCUT2D eigenvalue weighted by Gasteiger charge is -2.25. The molecule has 2 N–H and O–H groups in total.